The van der Waals surface area contributed by atoms with Crippen LogP contribution in [0.1, 0.15) is 64.9 Å². The van der Waals surface area contributed by atoms with Gasteiger partial charge in [0.15, 0.2) is 5.69 Å². The monoisotopic (exact) mass is 520 g/mol. The van der Waals surface area contributed by atoms with E-state index < -0.39 is 23.2 Å². The minimum Gasteiger partial charge on any atom is -0.345 e. The number of anilines is 2. The van der Waals surface area contributed by atoms with Gasteiger partial charge in [0.05, 0.1) is 6.33 Å². The highest BCUT2D eigenvalue weighted by Gasteiger charge is 2.29. The number of carbonyl (C=O) groups is 3. The van der Waals surface area contributed by atoms with Crippen LogP contribution in [0.2, 0.25) is 0 Å². The van der Waals surface area contributed by atoms with E-state index in [0.717, 1.165) is 31.8 Å². The minimum absolute atomic E-state index is 0.0150. The molecule has 10 heteroatoms. The molecule has 1 aliphatic heterocycles. The van der Waals surface area contributed by atoms with Crippen molar-refractivity contribution >= 4 is 29.1 Å². The van der Waals surface area contributed by atoms with E-state index in [1.165, 1.54) is 30.6 Å². The molecule has 0 radical (unpaired) electrons. The Kier molecular flexibility index (Phi) is 8.21. The second-order valence-corrected chi connectivity index (χ2v) is 10.4. The van der Waals surface area contributed by atoms with Gasteiger partial charge >= 0.3 is 0 Å². The molecule has 4 N–H and O–H groups in total. The molecule has 0 saturated carbocycles. The Morgan fingerprint density at radius 2 is 1.53 bits per heavy atom. The predicted octanol–water partition coefficient (Wildman–Crippen LogP) is 4.29. The Morgan fingerprint density at radius 1 is 0.947 bits per heavy atom. The molecule has 1 aliphatic rings. The average molecular weight is 521 g/mol. The minimum atomic E-state index is -0.540. The molecule has 0 unspecified atom stereocenters. The summed E-state index contributed by atoms with van der Waals surface area (Å²) >= 11 is 0. The van der Waals surface area contributed by atoms with E-state index in [2.05, 4.69) is 37.7 Å². The van der Waals surface area contributed by atoms with Crippen molar-refractivity contribution < 1.29 is 18.8 Å². The average Bonchev–Trinajstić information content (AvgIpc) is 3.37. The number of halogens is 1. The van der Waals surface area contributed by atoms with E-state index in [-0.39, 0.29) is 17.3 Å². The van der Waals surface area contributed by atoms with Crippen molar-refractivity contribution in [1.29, 1.82) is 0 Å². The normalized spacial score (nSPS) is 14.6. The van der Waals surface area contributed by atoms with Crippen molar-refractivity contribution in [2.45, 2.75) is 39.2 Å². The van der Waals surface area contributed by atoms with Crippen LogP contribution in [-0.4, -0.2) is 57.8 Å². The molecular formula is C28H33FN6O3. The lowest BCUT2D eigenvalue weighted by molar-refractivity contribution is 0.0856. The third kappa shape index (κ3) is 7.04. The van der Waals surface area contributed by atoms with Crippen LogP contribution < -0.4 is 16.0 Å². The highest BCUT2D eigenvalue weighted by molar-refractivity contribution is 6.10. The van der Waals surface area contributed by atoms with Crippen LogP contribution >= 0.6 is 0 Å². The number of piperidine rings is 1. The predicted molar refractivity (Wildman–Crippen MR) is 144 cm³/mol. The molecule has 0 aliphatic carbocycles. The number of aromatic amines is 1. The van der Waals surface area contributed by atoms with Crippen molar-refractivity contribution in [3.63, 3.8) is 0 Å². The largest absolute Gasteiger partial charge is 0.345 e. The summed E-state index contributed by atoms with van der Waals surface area (Å²) in [6, 6.07) is 11.7. The first kappa shape index (κ1) is 27.0. The van der Waals surface area contributed by atoms with Gasteiger partial charge in [-0.05, 0) is 94.2 Å². The summed E-state index contributed by atoms with van der Waals surface area (Å²) < 4.78 is 13.1. The smallest absolute Gasteiger partial charge is 0.276 e. The molecule has 9 nitrogen and oxygen atoms in total. The Labute approximate surface area is 221 Å². The van der Waals surface area contributed by atoms with Crippen molar-refractivity contribution in [3.05, 3.63) is 77.6 Å². The second kappa shape index (κ2) is 11.6. The molecule has 2 heterocycles. The Balaban J connectivity index is 1.34. The molecule has 1 saturated heterocycles. The van der Waals surface area contributed by atoms with Crippen molar-refractivity contribution in [3.8, 4) is 0 Å². The summed E-state index contributed by atoms with van der Waals surface area (Å²) in [5.41, 5.74) is 0.864. The lowest BCUT2D eigenvalue weighted by atomic mass is 9.96. The first-order valence-corrected chi connectivity index (χ1v) is 12.7. The first-order valence-electron chi connectivity index (χ1n) is 12.7. The molecule has 38 heavy (non-hydrogen) atoms. The van der Waals surface area contributed by atoms with Crippen molar-refractivity contribution in [2.24, 2.45) is 5.92 Å². The number of benzene rings is 2. The molecule has 4 rings (SSSR count). The number of hydrogen-bond donors (Lipinski definition) is 4. The molecule has 0 bridgehead atoms. The number of nitrogens with one attached hydrogen (secondary N) is 4. The maximum absolute atomic E-state index is 13.1. The number of aromatic nitrogens is 2. The fourth-order valence-corrected chi connectivity index (χ4v) is 4.46. The van der Waals surface area contributed by atoms with Crippen LogP contribution in [0.25, 0.3) is 0 Å². The molecule has 0 spiro atoms. The third-order valence-electron chi connectivity index (χ3n) is 6.54. The molecule has 1 aromatic heterocycles. The molecular weight excluding hydrogens is 487 g/mol. The standard InChI is InChI=1S/C28H33FN6O3/c1-18-12-14-35(15-13-18)16-28(2,3)34-27(38)24-23(30-17-31-24)26(37)33-22-10-8-21(9-11-22)32-25(36)19-4-6-20(29)7-5-19/h4-11,17-18H,12-16H2,1-3H3,(H,30,31)(H,32,36)(H,33,37)(H,34,38). The van der Waals surface area contributed by atoms with E-state index in [0.29, 0.717) is 23.5 Å². The number of carbonyl (C=O) groups excluding carboxylic acids is 3. The zero-order valence-electron chi connectivity index (χ0n) is 21.8. The topological polar surface area (TPSA) is 119 Å². The fourth-order valence-electron chi connectivity index (χ4n) is 4.46. The molecule has 1 fully saturated rings. The summed E-state index contributed by atoms with van der Waals surface area (Å²) in [7, 11) is 0. The Bertz CT molecular complexity index is 1280. The van der Waals surface area contributed by atoms with Gasteiger partial charge in [0.25, 0.3) is 17.7 Å². The van der Waals surface area contributed by atoms with Gasteiger partial charge < -0.3 is 25.8 Å². The van der Waals surface area contributed by atoms with Gasteiger partial charge in [-0.3, -0.25) is 14.4 Å². The zero-order chi connectivity index (χ0) is 27.3. The molecule has 3 aromatic rings. The lowest BCUT2D eigenvalue weighted by Gasteiger charge is -2.37. The van der Waals surface area contributed by atoms with Crippen LogP contribution in [0.4, 0.5) is 15.8 Å². The molecule has 2 aromatic carbocycles. The summed E-state index contributed by atoms with van der Waals surface area (Å²) in [5, 5.41) is 8.47. The summed E-state index contributed by atoms with van der Waals surface area (Å²) in [6.45, 7) is 8.92. The first-order chi connectivity index (χ1) is 18.1. The summed E-state index contributed by atoms with van der Waals surface area (Å²) in [6.07, 6.45) is 3.61. The maximum atomic E-state index is 13.1. The van der Waals surface area contributed by atoms with Crippen LogP contribution in [-0.2, 0) is 0 Å². The highest BCUT2D eigenvalue weighted by atomic mass is 19.1. The molecule has 200 valence electrons. The third-order valence-corrected chi connectivity index (χ3v) is 6.54. The fraction of sp³-hybridized carbons (Fsp3) is 0.357. The van der Waals surface area contributed by atoms with Gasteiger partial charge in [0.2, 0.25) is 0 Å². The second-order valence-electron chi connectivity index (χ2n) is 10.4. The zero-order valence-corrected chi connectivity index (χ0v) is 21.8. The van der Waals surface area contributed by atoms with Crippen LogP contribution in [0.15, 0.2) is 54.9 Å². The summed E-state index contributed by atoms with van der Waals surface area (Å²) in [5.74, 6) is -1.02. The van der Waals surface area contributed by atoms with E-state index in [1.807, 2.05) is 13.8 Å². The number of rotatable bonds is 8. The molecule has 3 amide bonds. The van der Waals surface area contributed by atoms with E-state index >= 15 is 0 Å². The highest BCUT2D eigenvalue weighted by Crippen LogP contribution is 2.19. The number of H-pyrrole nitrogens is 1. The maximum Gasteiger partial charge on any atom is 0.276 e. The van der Waals surface area contributed by atoms with Gasteiger partial charge in [0.1, 0.15) is 11.5 Å². The van der Waals surface area contributed by atoms with Gasteiger partial charge in [0, 0.05) is 29.0 Å². The van der Waals surface area contributed by atoms with Crippen LogP contribution in [0.5, 0.6) is 0 Å². The van der Waals surface area contributed by atoms with E-state index in [1.54, 1.807) is 24.3 Å². The van der Waals surface area contributed by atoms with E-state index in [4.69, 9.17) is 0 Å². The Hall–Kier alpha value is -4.05. The SMILES string of the molecule is CC1CCN(CC(C)(C)NC(=O)c2[nH]cnc2C(=O)Nc2ccc(NC(=O)c3ccc(F)cc3)cc2)CC1. The van der Waals surface area contributed by atoms with E-state index in [9.17, 15) is 18.8 Å². The van der Waals surface area contributed by atoms with Crippen LogP contribution in [0.3, 0.4) is 0 Å². The number of amides is 3. The van der Waals surface area contributed by atoms with Gasteiger partial charge in [-0.2, -0.15) is 0 Å². The van der Waals surface area contributed by atoms with Gasteiger partial charge in [-0.15, -0.1) is 0 Å². The number of likely N-dealkylation sites (tertiary alicyclic amines) is 1. The van der Waals surface area contributed by atoms with Crippen LogP contribution in [0, 0.1) is 11.7 Å². The number of hydrogen-bond acceptors (Lipinski definition) is 5. The van der Waals surface area contributed by atoms with Gasteiger partial charge in [-0.25, -0.2) is 9.37 Å². The summed E-state index contributed by atoms with van der Waals surface area (Å²) in [4.78, 5) is 47.5. The number of imidazole rings is 1. The lowest BCUT2D eigenvalue weighted by Crippen LogP contribution is -2.53. The molecule has 0 atom stereocenters. The van der Waals surface area contributed by atoms with Crippen molar-refractivity contribution in [1.82, 2.24) is 20.2 Å². The quantitative estimate of drug-likeness (QED) is 0.353. The number of nitrogens with zero attached hydrogens (tertiary/aromatic N) is 2. The van der Waals surface area contributed by atoms with Crippen molar-refractivity contribution in [2.75, 3.05) is 30.3 Å². The Morgan fingerprint density at radius 3 is 2.13 bits per heavy atom. The van der Waals surface area contributed by atoms with Gasteiger partial charge in [-0.1, -0.05) is 6.92 Å².